The van der Waals surface area contributed by atoms with Gasteiger partial charge in [0.25, 0.3) is 0 Å². The summed E-state index contributed by atoms with van der Waals surface area (Å²) in [7, 11) is 1.97. The van der Waals surface area contributed by atoms with Crippen LogP contribution in [0.25, 0.3) is 0 Å². The quantitative estimate of drug-likeness (QED) is 0.869. The molecule has 2 aromatic rings. The van der Waals surface area contributed by atoms with Gasteiger partial charge >= 0.3 is 0 Å². The van der Waals surface area contributed by atoms with E-state index >= 15 is 0 Å². The third kappa shape index (κ3) is 2.46. The van der Waals surface area contributed by atoms with Gasteiger partial charge in [-0.15, -0.1) is 0 Å². The highest BCUT2D eigenvalue weighted by Gasteiger charge is 2.09. The van der Waals surface area contributed by atoms with Crippen molar-refractivity contribution >= 4 is 11.4 Å². The lowest BCUT2D eigenvalue weighted by Crippen LogP contribution is -2.10. The maximum atomic E-state index is 9.95. The molecular weight excluding hydrogens is 224 g/mol. The first-order valence-electron chi connectivity index (χ1n) is 5.97. The highest BCUT2D eigenvalue weighted by Crippen LogP contribution is 2.30. The fourth-order valence-corrected chi connectivity index (χ4v) is 1.93. The van der Waals surface area contributed by atoms with E-state index in [1.165, 1.54) is 0 Å². The molecule has 94 valence electrons. The molecule has 0 bridgehead atoms. The van der Waals surface area contributed by atoms with Crippen molar-refractivity contribution in [1.29, 1.82) is 0 Å². The van der Waals surface area contributed by atoms with Crippen molar-refractivity contribution in [3.63, 3.8) is 0 Å². The van der Waals surface area contributed by atoms with Gasteiger partial charge in [-0.05, 0) is 25.1 Å². The lowest BCUT2D eigenvalue weighted by atomic mass is 10.1. The Morgan fingerprint density at radius 1 is 1.06 bits per heavy atom. The normalized spacial score (nSPS) is 12.2. The summed E-state index contributed by atoms with van der Waals surface area (Å²) in [5, 5.41) is 9.95. The lowest BCUT2D eigenvalue weighted by molar-refractivity contribution is 0.464. The van der Waals surface area contributed by atoms with Gasteiger partial charge in [-0.25, -0.2) is 0 Å². The van der Waals surface area contributed by atoms with Crippen molar-refractivity contribution in [3.8, 4) is 5.75 Å². The monoisotopic (exact) mass is 242 g/mol. The minimum atomic E-state index is -0.166. The minimum absolute atomic E-state index is 0.166. The number of nitrogens with two attached hydrogens (primary N) is 1. The second kappa shape index (κ2) is 5.10. The number of phenolic OH excluding ortho intramolecular Hbond substituents is 1. The zero-order chi connectivity index (χ0) is 13.1. The molecule has 0 aliphatic heterocycles. The first-order chi connectivity index (χ1) is 8.59. The van der Waals surface area contributed by atoms with Crippen LogP contribution in [0.4, 0.5) is 11.4 Å². The molecule has 0 aliphatic rings. The third-order valence-corrected chi connectivity index (χ3v) is 3.04. The molecule has 0 aliphatic carbocycles. The van der Waals surface area contributed by atoms with Crippen LogP contribution in [0.2, 0.25) is 0 Å². The van der Waals surface area contributed by atoms with Crippen LogP contribution in [-0.2, 0) is 0 Å². The number of benzene rings is 2. The van der Waals surface area contributed by atoms with E-state index in [2.05, 4.69) is 0 Å². The van der Waals surface area contributed by atoms with E-state index in [1.54, 1.807) is 6.07 Å². The van der Waals surface area contributed by atoms with Gasteiger partial charge in [0.2, 0.25) is 0 Å². The summed E-state index contributed by atoms with van der Waals surface area (Å²) in [6.07, 6.45) is 0. The Morgan fingerprint density at radius 3 is 2.28 bits per heavy atom. The Hall–Kier alpha value is -2.00. The molecule has 3 N–H and O–H groups in total. The number of phenols is 1. The van der Waals surface area contributed by atoms with Crippen molar-refractivity contribution in [2.75, 3.05) is 11.9 Å². The van der Waals surface area contributed by atoms with Crippen LogP contribution in [0, 0.1) is 0 Å². The molecule has 0 radical (unpaired) electrons. The first-order valence-corrected chi connectivity index (χ1v) is 5.97. The molecule has 2 aromatic carbocycles. The lowest BCUT2D eigenvalue weighted by Gasteiger charge is -2.20. The van der Waals surface area contributed by atoms with Gasteiger partial charge in [-0.2, -0.15) is 0 Å². The Labute approximate surface area is 107 Å². The van der Waals surface area contributed by atoms with Crippen LogP contribution >= 0.6 is 0 Å². The smallest absolute Gasteiger partial charge is 0.122 e. The highest BCUT2D eigenvalue weighted by atomic mass is 16.3. The summed E-state index contributed by atoms with van der Waals surface area (Å²) in [5.74, 6) is 0.241. The highest BCUT2D eigenvalue weighted by molar-refractivity contribution is 5.64. The van der Waals surface area contributed by atoms with E-state index in [-0.39, 0.29) is 11.8 Å². The van der Waals surface area contributed by atoms with E-state index in [0.717, 1.165) is 16.9 Å². The molecule has 3 heteroatoms. The Balaban J connectivity index is 2.32. The number of aromatic hydroxyl groups is 1. The maximum Gasteiger partial charge on any atom is 0.122 e. The summed E-state index contributed by atoms with van der Waals surface area (Å²) in [4.78, 5) is 2.02. The van der Waals surface area contributed by atoms with E-state index in [4.69, 9.17) is 5.73 Å². The van der Waals surface area contributed by atoms with Gasteiger partial charge < -0.3 is 15.7 Å². The summed E-state index contributed by atoms with van der Waals surface area (Å²) in [5.41, 5.74) is 8.55. The number of nitrogens with zero attached hydrogens (tertiary/aromatic N) is 1. The number of hydrogen-bond acceptors (Lipinski definition) is 3. The standard InChI is InChI=1S/C15H18N2O/c1-11(16)14-9-8-13(10-15(14)18)17(2)12-6-4-3-5-7-12/h3-11,18H,16H2,1-2H3. The van der Waals surface area contributed by atoms with Crippen LogP contribution in [0.5, 0.6) is 5.75 Å². The number of para-hydroxylation sites is 1. The maximum absolute atomic E-state index is 9.95. The summed E-state index contributed by atoms with van der Waals surface area (Å²) >= 11 is 0. The molecule has 3 nitrogen and oxygen atoms in total. The molecule has 0 saturated carbocycles. The average molecular weight is 242 g/mol. The molecule has 1 unspecified atom stereocenters. The SMILES string of the molecule is CC(N)c1ccc(N(C)c2ccccc2)cc1O. The molecule has 0 aromatic heterocycles. The van der Waals surface area contributed by atoms with Gasteiger partial charge in [0, 0.05) is 36.1 Å². The van der Waals surface area contributed by atoms with Crippen molar-refractivity contribution in [1.82, 2.24) is 0 Å². The van der Waals surface area contributed by atoms with E-state index < -0.39 is 0 Å². The fourth-order valence-electron chi connectivity index (χ4n) is 1.93. The average Bonchev–Trinajstić information content (AvgIpc) is 2.38. The fraction of sp³-hybridized carbons (Fsp3) is 0.200. The molecule has 2 rings (SSSR count). The number of anilines is 2. The topological polar surface area (TPSA) is 49.5 Å². The molecular formula is C15H18N2O. The van der Waals surface area contributed by atoms with E-state index in [0.29, 0.717) is 0 Å². The second-order valence-corrected chi connectivity index (χ2v) is 4.43. The summed E-state index contributed by atoms with van der Waals surface area (Å²) in [6, 6.07) is 15.4. The predicted molar refractivity (Wildman–Crippen MR) is 75.2 cm³/mol. The largest absolute Gasteiger partial charge is 0.508 e. The van der Waals surface area contributed by atoms with Gasteiger partial charge in [0.1, 0.15) is 5.75 Å². The Kier molecular flexibility index (Phi) is 3.53. The predicted octanol–water partition coefficient (Wildman–Crippen LogP) is 3.18. The van der Waals surface area contributed by atoms with Crippen LogP contribution in [0.15, 0.2) is 48.5 Å². The Bertz CT molecular complexity index is 523. The minimum Gasteiger partial charge on any atom is -0.508 e. The number of rotatable bonds is 3. The molecule has 0 amide bonds. The molecule has 0 heterocycles. The van der Waals surface area contributed by atoms with Gasteiger partial charge in [0.05, 0.1) is 0 Å². The van der Waals surface area contributed by atoms with Crippen molar-refractivity contribution in [2.45, 2.75) is 13.0 Å². The molecule has 1 atom stereocenters. The Morgan fingerprint density at radius 2 is 1.72 bits per heavy atom. The molecule has 18 heavy (non-hydrogen) atoms. The van der Waals surface area contributed by atoms with Gasteiger partial charge in [-0.3, -0.25) is 0 Å². The van der Waals surface area contributed by atoms with Crippen LogP contribution in [0.1, 0.15) is 18.5 Å². The van der Waals surface area contributed by atoms with Gasteiger partial charge in [0.15, 0.2) is 0 Å². The zero-order valence-electron chi connectivity index (χ0n) is 10.7. The van der Waals surface area contributed by atoms with E-state index in [9.17, 15) is 5.11 Å². The van der Waals surface area contributed by atoms with Crippen molar-refractivity contribution in [3.05, 3.63) is 54.1 Å². The summed E-state index contributed by atoms with van der Waals surface area (Å²) < 4.78 is 0. The molecule has 0 spiro atoms. The summed E-state index contributed by atoms with van der Waals surface area (Å²) in [6.45, 7) is 1.86. The molecule has 0 fully saturated rings. The zero-order valence-corrected chi connectivity index (χ0v) is 10.7. The first kappa shape index (κ1) is 12.5. The van der Waals surface area contributed by atoms with Gasteiger partial charge in [-0.1, -0.05) is 24.3 Å². The second-order valence-electron chi connectivity index (χ2n) is 4.43. The van der Waals surface area contributed by atoms with E-state index in [1.807, 2.05) is 61.3 Å². The number of hydrogen-bond donors (Lipinski definition) is 2. The van der Waals surface area contributed by atoms with Crippen LogP contribution < -0.4 is 10.6 Å². The van der Waals surface area contributed by atoms with Crippen molar-refractivity contribution in [2.24, 2.45) is 5.73 Å². The van der Waals surface area contributed by atoms with Crippen LogP contribution in [0.3, 0.4) is 0 Å². The van der Waals surface area contributed by atoms with Crippen LogP contribution in [-0.4, -0.2) is 12.2 Å². The van der Waals surface area contributed by atoms with Crippen molar-refractivity contribution < 1.29 is 5.11 Å². The molecule has 0 saturated heterocycles. The third-order valence-electron chi connectivity index (χ3n) is 3.04.